The summed E-state index contributed by atoms with van der Waals surface area (Å²) < 4.78 is 0. The lowest BCUT2D eigenvalue weighted by Gasteiger charge is -2.36. The number of nitrogens with zero attached hydrogens (tertiary/aromatic N) is 3. The molecule has 6 heteroatoms. The van der Waals surface area contributed by atoms with E-state index in [1.54, 1.807) is 4.90 Å². The van der Waals surface area contributed by atoms with Crippen molar-refractivity contribution in [3.63, 3.8) is 0 Å². The zero-order valence-electron chi connectivity index (χ0n) is 19.2. The van der Waals surface area contributed by atoms with Crippen LogP contribution in [-0.4, -0.2) is 40.8 Å². The van der Waals surface area contributed by atoms with Gasteiger partial charge >= 0.3 is 0 Å². The molecule has 1 aromatic carbocycles. The molecule has 1 saturated heterocycles. The van der Waals surface area contributed by atoms with Gasteiger partial charge in [0, 0.05) is 45.2 Å². The van der Waals surface area contributed by atoms with Crippen LogP contribution in [-0.2, 0) is 29.1 Å². The smallest absolute Gasteiger partial charge is 0.243 e. The maximum atomic E-state index is 13.2. The summed E-state index contributed by atoms with van der Waals surface area (Å²) in [5.74, 6) is 1.21. The van der Waals surface area contributed by atoms with Crippen molar-refractivity contribution in [3.05, 3.63) is 59.3 Å². The average molecular weight is 435 g/mol. The van der Waals surface area contributed by atoms with Gasteiger partial charge in [-0.25, -0.2) is 4.98 Å². The number of fused-ring (bicyclic) bond motifs is 1. The van der Waals surface area contributed by atoms with Crippen LogP contribution in [0, 0.1) is 5.92 Å². The maximum Gasteiger partial charge on any atom is 0.243 e. The first-order valence-electron chi connectivity index (χ1n) is 11.8. The van der Waals surface area contributed by atoms with E-state index in [1.165, 1.54) is 19.3 Å². The van der Waals surface area contributed by atoms with Gasteiger partial charge in [0.25, 0.3) is 0 Å². The number of hydrogen-bond acceptors (Lipinski definition) is 4. The SMILES string of the molecule is CC(C)CC(=O)N1Cc2ccccc2CC1C(=O)NCc1ccc(N2CCCCC2)nc1. The lowest BCUT2D eigenvalue weighted by molar-refractivity contribution is -0.142. The van der Waals surface area contributed by atoms with Gasteiger partial charge < -0.3 is 15.1 Å². The van der Waals surface area contributed by atoms with Gasteiger partial charge in [0.05, 0.1) is 0 Å². The maximum absolute atomic E-state index is 13.2. The van der Waals surface area contributed by atoms with E-state index in [0.717, 1.165) is 35.6 Å². The number of carbonyl (C=O) groups is 2. The number of aromatic nitrogens is 1. The Bertz CT molecular complexity index is 935. The van der Waals surface area contributed by atoms with Gasteiger partial charge in [-0.1, -0.05) is 44.2 Å². The van der Waals surface area contributed by atoms with Crippen molar-refractivity contribution in [2.45, 2.75) is 65.1 Å². The predicted octanol–water partition coefficient (Wildman–Crippen LogP) is 3.69. The quantitative estimate of drug-likeness (QED) is 0.753. The topological polar surface area (TPSA) is 65.5 Å². The summed E-state index contributed by atoms with van der Waals surface area (Å²) in [5, 5.41) is 3.05. The van der Waals surface area contributed by atoms with Gasteiger partial charge in [0.2, 0.25) is 11.8 Å². The van der Waals surface area contributed by atoms with Crippen LogP contribution in [0.3, 0.4) is 0 Å². The Morgan fingerprint density at radius 2 is 1.81 bits per heavy atom. The van der Waals surface area contributed by atoms with E-state index >= 15 is 0 Å². The van der Waals surface area contributed by atoms with Crippen molar-refractivity contribution < 1.29 is 9.59 Å². The van der Waals surface area contributed by atoms with E-state index in [4.69, 9.17) is 0 Å². The standard InChI is InChI=1S/C26H34N4O2/c1-19(2)14-25(31)30-18-22-9-5-4-8-21(22)15-23(30)26(32)28-17-20-10-11-24(27-16-20)29-12-6-3-7-13-29/h4-5,8-11,16,19,23H,3,6-7,12-15,17-18H2,1-2H3,(H,28,32). The van der Waals surface area contributed by atoms with E-state index in [9.17, 15) is 9.59 Å². The molecule has 6 nitrogen and oxygen atoms in total. The first-order chi connectivity index (χ1) is 15.5. The lowest BCUT2D eigenvalue weighted by Crippen LogP contribution is -2.52. The summed E-state index contributed by atoms with van der Waals surface area (Å²) in [6.45, 7) is 7.10. The number of nitrogens with one attached hydrogen (secondary N) is 1. The van der Waals surface area contributed by atoms with Gasteiger partial charge in [0.1, 0.15) is 11.9 Å². The van der Waals surface area contributed by atoms with Crippen LogP contribution < -0.4 is 10.2 Å². The van der Waals surface area contributed by atoms with Crippen LogP contribution in [0.2, 0.25) is 0 Å². The highest BCUT2D eigenvalue weighted by molar-refractivity contribution is 5.88. The van der Waals surface area contributed by atoms with Crippen molar-refractivity contribution in [2.75, 3.05) is 18.0 Å². The van der Waals surface area contributed by atoms with E-state index in [-0.39, 0.29) is 17.7 Å². The molecule has 2 aliphatic heterocycles. The largest absolute Gasteiger partial charge is 0.357 e. The van der Waals surface area contributed by atoms with Crippen LogP contribution in [0.25, 0.3) is 0 Å². The molecule has 1 N–H and O–H groups in total. The number of carbonyl (C=O) groups excluding carboxylic acids is 2. The fraction of sp³-hybridized carbons (Fsp3) is 0.500. The number of benzene rings is 1. The second kappa shape index (κ2) is 10.2. The molecular weight excluding hydrogens is 400 g/mol. The minimum Gasteiger partial charge on any atom is -0.357 e. The Morgan fingerprint density at radius 3 is 2.50 bits per heavy atom. The zero-order valence-corrected chi connectivity index (χ0v) is 19.2. The summed E-state index contributed by atoms with van der Waals surface area (Å²) in [4.78, 5) is 34.8. The molecule has 0 spiro atoms. The molecule has 2 amide bonds. The molecule has 1 fully saturated rings. The van der Waals surface area contributed by atoms with Crippen molar-refractivity contribution in [3.8, 4) is 0 Å². The van der Waals surface area contributed by atoms with Crippen LogP contribution in [0.1, 0.15) is 56.2 Å². The minimum absolute atomic E-state index is 0.0437. The Balaban J connectivity index is 1.41. The summed E-state index contributed by atoms with van der Waals surface area (Å²) in [5.41, 5.74) is 3.25. The van der Waals surface area contributed by atoms with Gasteiger partial charge in [0.15, 0.2) is 0 Å². The Kier molecular flexibility index (Phi) is 7.08. The third kappa shape index (κ3) is 5.29. The number of hydrogen-bond donors (Lipinski definition) is 1. The number of piperidine rings is 1. The van der Waals surface area contributed by atoms with Gasteiger partial charge in [-0.05, 0) is 47.9 Å². The minimum atomic E-state index is -0.475. The molecule has 2 aliphatic rings. The Hall–Kier alpha value is -2.89. The second-order valence-corrected chi connectivity index (χ2v) is 9.40. The van der Waals surface area contributed by atoms with E-state index in [2.05, 4.69) is 27.3 Å². The molecule has 0 bridgehead atoms. The summed E-state index contributed by atoms with van der Waals surface area (Å²) in [6.07, 6.45) is 6.59. The summed E-state index contributed by atoms with van der Waals surface area (Å²) in [7, 11) is 0. The number of anilines is 1. The van der Waals surface area contributed by atoms with Crippen LogP contribution >= 0.6 is 0 Å². The number of pyridine rings is 1. The third-order valence-electron chi connectivity index (χ3n) is 6.41. The van der Waals surface area contributed by atoms with Crippen LogP contribution in [0.5, 0.6) is 0 Å². The highest BCUT2D eigenvalue weighted by Gasteiger charge is 2.34. The Labute approximate surface area is 191 Å². The molecule has 2 aromatic rings. The van der Waals surface area contributed by atoms with Crippen molar-refractivity contribution in [1.82, 2.24) is 15.2 Å². The fourth-order valence-electron chi connectivity index (χ4n) is 4.62. The molecule has 1 atom stereocenters. The van der Waals surface area contributed by atoms with Crippen molar-refractivity contribution in [2.24, 2.45) is 5.92 Å². The monoisotopic (exact) mass is 434 g/mol. The van der Waals surface area contributed by atoms with Crippen molar-refractivity contribution in [1.29, 1.82) is 0 Å². The van der Waals surface area contributed by atoms with Gasteiger partial charge in [-0.3, -0.25) is 9.59 Å². The highest BCUT2D eigenvalue weighted by atomic mass is 16.2. The van der Waals surface area contributed by atoms with Crippen LogP contribution in [0.15, 0.2) is 42.6 Å². The fourth-order valence-corrected chi connectivity index (χ4v) is 4.62. The molecular formula is C26H34N4O2. The molecule has 170 valence electrons. The Morgan fingerprint density at radius 1 is 1.06 bits per heavy atom. The molecule has 4 rings (SSSR count). The summed E-state index contributed by atoms with van der Waals surface area (Å²) in [6, 6.07) is 11.7. The van der Waals surface area contributed by atoms with E-state index in [0.29, 0.717) is 25.9 Å². The predicted molar refractivity (Wildman–Crippen MR) is 126 cm³/mol. The molecule has 0 radical (unpaired) electrons. The number of rotatable bonds is 6. The normalized spacial score (nSPS) is 18.4. The van der Waals surface area contributed by atoms with Gasteiger partial charge in [-0.15, -0.1) is 0 Å². The van der Waals surface area contributed by atoms with Crippen LogP contribution in [0.4, 0.5) is 5.82 Å². The first-order valence-corrected chi connectivity index (χ1v) is 11.8. The number of amides is 2. The third-order valence-corrected chi connectivity index (χ3v) is 6.41. The molecule has 0 saturated carbocycles. The average Bonchev–Trinajstić information content (AvgIpc) is 2.82. The molecule has 0 aliphatic carbocycles. The molecule has 3 heterocycles. The molecule has 1 aromatic heterocycles. The zero-order chi connectivity index (χ0) is 22.5. The second-order valence-electron chi connectivity index (χ2n) is 9.40. The molecule has 32 heavy (non-hydrogen) atoms. The first kappa shape index (κ1) is 22.3. The van der Waals surface area contributed by atoms with Crippen molar-refractivity contribution >= 4 is 17.6 Å². The van der Waals surface area contributed by atoms with Gasteiger partial charge in [-0.2, -0.15) is 0 Å². The highest BCUT2D eigenvalue weighted by Crippen LogP contribution is 2.25. The summed E-state index contributed by atoms with van der Waals surface area (Å²) >= 11 is 0. The van der Waals surface area contributed by atoms with E-state index < -0.39 is 6.04 Å². The van der Waals surface area contributed by atoms with E-state index in [1.807, 2.05) is 44.3 Å². The lowest BCUT2D eigenvalue weighted by atomic mass is 9.92. The molecule has 1 unspecified atom stereocenters.